The van der Waals surface area contributed by atoms with Crippen LogP contribution in [-0.4, -0.2) is 12.5 Å². The van der Waals surface area contributed by atoms with Crippen molar-refractivity contribution in [2.24, 2.45) is 5.73 Å². The van der Waals surface area contributed by atoms with Gasteiger partial charge in [0, 0.05) is 0 Å². The third kappa shape index (κ3) is 4.14. The fourth-order valence-corrected chi connectivity index (χ4v) is 1.72. The molecular formula is C16H19NO2. The lowest BCUT2D eigenvalue weighted by Crippen LogP contribution is -2.19. The first kappa shape index (κ1) is 14.8. The van der Waals surface area contributed by atoms with Crippen LogP contribution in [0.5, 0.6) is 5.75 Å². The molecular weight excluding hydrogens is 238 g/mol. The van der Waals surface area contributed by atoms with E-state index in [0.717, 1.165) is 11.1 Å². The second-order valence-corrected chi connectivity index (χ2v) is 4.15. The third-order valence-corrected chi connectivity index (χ3v) is 2.59. The molecule has 2 N–H and O–H groups in total. The van der Waals surface area contributed by atoms with Gasteiger partial charge in [-0.05, 0) is 30.2 Å². The van der Waals surface area contributed by atoms with Gasteiger partial charge in [-0.25, -0.2) is 0 Å². The van der Waals surface area contributed by atoms with Crippen LogP contribution in [0.15, 0.2) is 48.5 Å². The van der Waals surface area contributed by atoms with E-state index in [1.54, 1.807) is 0 Å². The highest BCUT2D eigenvalue weighted by Gasteiger charge is 2.00. The minimum Gasteiger partial charge on any atom is -0.484 e. The van der Waals surface area contributed by atoms with Crippen LogP contribution in [0.1, 0.15) is 13.0 Å². The molecule has 2 aromatic rings. The van der Waals surface area contributed by atoms with Gasteiger partial charge in [-0.2, -0.15) is 0 Å². The predicted octanol–water partition coefficient (Wildman–Crippen LogP) is 3.16. The quantitative estimate of drug-likeness (QED) is 0.914. The van der Waals surface area contributed by atoms with E-state index in [4.69, 9.17) is 10.5 Å². The van der Waals surface area contributed by atoms with Crippen LogP contribution in [0, 0.1) is 6.92 Å². The van der Waals surface area contributed by atoms with Crippen LogP contribution in [0.2, 0.25) is 0 Å². The summed E-state index contributed by atoms with van der Waals surface area (Å²) in [6, 6.07) is 15.9. The Morgan fingerprint density at radius 3 is 2.37 bits per heavy atom. The Kier molecular flexibility index (Phi) is 5.12. The van der Waals surface area contributed by atoms with Gasteiger partial charge in [-0.1, -0.05) is 49.4 Å². The van der Waals surface area contributed by atoms with Crippen molar-refractivity contribution in [1.29, 1.82) is 0 Å². The Hall–Kier alpha value is -2.29. The van der Waals surface area contributed by atoms with Crippen molar-refractivity contribution in [2.75, 3.05) is 6.61 Å². The van der Waals surface area contributed by atoms with E-state index < -0.39 is 5.91 Å². The molecule has 0 spiro atoms. The van der Waals surface area contributed by atoms with Crippen LogP contribution < -0.4 is 10.5 Å². The van der Waals surface area contributed by atoms with Crippen molar-refractivity contribution in [1.82, 2.24) is 0 Å². The van der Waals surface area contributed by atoms with Crippen LogP contribution in [0.3, 0.4) is 0 Å². The number of amides is 1. The van der Waals surface area contributed by atoms with Crippen LogP contribution >= 0.6 is 0 Å². The fraction of sp³-hybridized carbons (Fsp3) is 0.188. The Morgan fingerprint density at radius 2 is 1.79 bits per heavy atom. The zero-order valence-corrected chi connectivity index (χ0v) is 10.2. The summed E-state index contributed by atoms with van der Waals surface area (Å²) in [4.78, 5) is 10.6. The van der Waals surface area contributed by atoms with Crippen molar-refractivity contribution < 1.29 is 9.53 Å². The SMILES string of the molecule is C.Cc1cccc(-c2ccc(OCC(N)=O)cc2)c1. The van der Waals surface area contributed by atoms with Gasteiger partial charge in [0.2, 0.25) is 0 Å². The zero-order valence-electron chi connectivity index (χ0n) is 10.2. The minimum absolute atomic E-state index is 0. The van der Waals surface area contributed by atoms with Crippen molar-refractivity contribution in [3.05, 3.63) is 54.1 Å². The molecule has 2 aromatic carbocycles. The van der Waals surface area contributed by atoms with Crippen molar-refractivity contribution in [3.8, 4) is 16.9 Å². The smallest absolute Gasteiger partial charge is 0.255 e. The molecule has 0 saturated heterocycles. The number of carbonyl (C=O) groups excluding carboxylic acids is 1. The molecule has 0 aliphatic carbocycles. The van der Waals surface area contributed by atoms with Gasteiger partial charge < -0.3 is 10.5 Å². The van der Waals surface area contributed by atoms with Crippen molar-refractivity contribution in [2.45, 2.75) is 14.4 Å². The summed E-state index contributed by atoms with van der Waals surface area (Å²) in [5.74, 6) is 0.169. The topological polar surface area (TPSA) is 52.3 Å². The van der Waals surface area contributed by atoms with E-state index in [9.17, 15) is 4.79 Å². The van der Waals surface area contributed by atoms with E-state index in [0.29, 0.717) is 5.75 Å². The first-order chi connectivity index (χ1) is 8.65. The number of hydrogen-bond acceptors (Lipinski definition) is 2. The molecule has 0 bridgehead atoms. The summed E-state index contributed by atoms with van der Waals surface area (Å²) in [6.45, 7) is 1.97. The van der Waals surface area contributed by atoms with Crippen LogP contribution in [-0.2, 0) is 4.79 Å². The van der Waals surface area contributed by atoms with Gasteiger partial charge in [0.1, 0.15) is 5.75 Å². The molecule has 1 amide bonds. The van der Waals surface area contributed by atoms with Gasteiger partial charge >= 0.3 is 0 Å². The molecule has 100 valence electrons. The molecule has 3 nitrogen and oxygen atoms in total. The number of primary amides is 1. The molecule has 0 radical (unpaired) electrons. The van der Waals surface area contributed by atoms with Crippen LogP contribution in [0.4, 0.5) is 0 Å². The van der Waals surface area contributed by atoms with Gasteiger partial charge in [0.25, 0.3) is 5.91 Å². The Morgan fingerprint density at radius 1 is 1.11 bits per heavy atom. The minimum atomic E-state index is -0.474. The average Bonchev–Trinajstić information content (AvgIpc) is 2.37. The average molecular weight is 257 g/mol. The third-order valence-electron chi connectivity index (χ3n) is 2.59. The number of hydrogen-bond donors (Lipinski definition) is 1. The fourth-order valence-electron chi connectivity index (χ4n) is 1.72. The van der Waals surface area contributed by atoms with Gasteiger partial charge in [0.15, 0.2) is 6.61 Å². The molecule has 0 heterocycles. The van der Waals surface area contributed by atoms with Gasteiger partial charge in [-0.3, -0.25) is 4.79 Å². The lowest BCUT2D eigenvalue weighted by molar-refractivity contribution is -0.119. The maximum absolute atomic E-state index is 10.6. The Bertz CT molecular complexity index is 547. The summed E-state index contributed by atoms with van der Waals surface area (Å²) < 4.78 is 5.21. The maximum Gasteiger partial charge on any atom is 0.255 e. The number of rotatable bonds is 4. The number of benzene rings is 2. The number of carbonyl (C=O) groups is 1. The highest BCUT2D eigenvalue weighted by Crippen LogP contribution is 2.23. The number of aryl methyl sites for hydroxylation is 1. The first-order valence-corrected chi connectivity index (χ1v) is 5.73. The summed E-state index contributed by atoms with van der Waals surface area (Å²) in [5.41, 5.74) is 8.52. The highest BCUT2D eigenvalue weighted by atomic mass is 16.5. The van der Waals surface area contributed by atoms with E-state index >= 15 is 0 Å². The Labute approximate surface area is 114 Å². The zero-order chi connectivity index (χ0) is 13.0. The van der Waals surface area contributed by atoms with E-state index in [1.807, 2.05) is 30.3 Å². The van der Waals surface area contributed by atoms with Crippen LogP contribution in [0.25, 0.3) is 11.1 Å². The molecule has 0 atom stereocenters. The lowest BCUT2D eigenvalue weighted by Gasteiger charge is -2.06. The molecule has 0 aliphatic heterocycles. The monoisotopic (exact) mass is 257 g/mol. The summed E-state index contributed by atoms with van der Waals surface area (Å²) in [7, 11) is 0. The van der Waals surface area contributed by atoms with Crippen molar-refractivity contribution in [3.63, 3.8) is 0 Å². The predicted molar refractivity (Wildman–Crippen MR) is 78.0 cm³/mol. The second-order valence-electron chi connectivity index (χ2n) is 4.15. The van der Waals surface area contributed by atoms with E-state index in [-0.39, 0.29) is 14.0 Å². The Balaban J connectivity index is 0.00000180. The summed E-state index contributed by atoms with van der Waals surface area (Å²) in [5, 5.41) is 0. The molecule has 2 rings (SSSR count). The van der Waals surface area contributed by atoms with E-state index in [2.05, 4.69) is 25.1 Å². The van der Waals surface area contributed by atoms with Gasteiger partial charge in [-0.15, -0.1) is 0 Å². The lowest BCUT2D eigenvalue weighted by atomic mass is 10.0. The molecule has 0 aromatic heterocycles. The summed E-state index contributed by atoms with van der Waals surface area (Å²) >= 11 is 0. The van der Waals surface area contributed by atoms with Crippen molar-refractivity contribution >= 4 is 5.91 Å². The largest absolute Gasteiger partial charge is 0.484 e. The normalized spacial score (nSPS) is 9.53. The molecule has 0 aliphatic rings. The highest BCUT2D eigenvalue weighted by molar-refractivity contribution is 5.75. The second kappa shape index (κ2) is 6.59. The number of ether oxygens (including phenoxy) is 1. The van der Waals surface area contributed by atoms with Gasteiger partial charge in [0.05, 0.1) is 0 Å². The maximum atomic E-state index is 10.6. The first-order valence-electron chi connectivity index (χ1n) is 5.73. The molecule has 19 heavy (non-hydrogen) atoms. The van der Waals surface area contributed by atoms with E-state index in [1.165, 1.54) is 5.56 Å². The molecule has 0 saturated carbocycles. The summed E-state index contributed by atoms with van der Waals surface area (Å²) in [6.07, 6.45) is 0. The molecule has 0 fully saturated rings. The molecule has 3 heteroatoms. The number of nitrogens with two attached hydrogens (primary N) is 1. The standard InChI is InChI=1S/C15H15NO2.CH4/c1-11-3-2-4-13(9-11)12-5-7-14(8-6-12)18-10-15(16)17;/h2-9H,10H2,1H3,(H2,16,17);1H4. The molecule has 0 unspecified atom stereocenters.